The summed E-state index contributed by atoms with van der Waals surface area (Å²) >= 11 is 0. The average Bonchev–Trinajstić information content (AvgIpc) is 3.64. The van der Waals surface area contributed by atoms with Crippen molar-refractivity contribution in [2.75, 3.05) is 0 Å². The molecule has 1 atom stereocenters. The Morgan fingerprint density at radius 1 is 0.623 bits per heavy atom. The van der Waals surface area contributed by atoms with Gasteiger partial charge in [-0.15, -0.1) is 0 Å². The topological polar surface area (TPSA) is 9.86 Å². The summed E-state index contributed by atoms with van der Waals surface area (Å²) in [5.74, 6) is 7.24. The molecule has 0 aliphatic heterocycles. The molecule has 0 bridgehead atoms. The van der Waals surface area contributed by atoms with E-state index < -0.39 is 0 Å². The fourth-order valence-electron chi connectivity index (χ4n) is 8.37. The van der Waals surface area contributed by atoms with E-state index in [0.717, 1.165) is 24.0 Å². The van der Waals surface area contributed by atoms with Crippen molar-refractivity contribution < 1.29 is 0 Å². The molecule has 2 heterocycles. The van der Waals surface area contributed by atoms with E-state index in [1.165, 1.54) is 77.6 Å². The van der Waals surface area contributed by atoms with Crippen LogP contribution >= 0.6 is 0 Å². The lowest BCUT2D eigenvalue weighted by molar-refractivity contribution is 0.888. The summed E-state index contributed by atoms with van der Waals surface area (Å²) in [6.45, 7) is 2.18. The van der Waals surface area contributed by atoms with Gasteiger partial charge in [-0.25, -0.2) is 0 Å². The molecule has 0 saturated heterocycles. The van der Waals surface area contributed by atoms with E-state index in [9.17, 15) is 0 Å². The number of allylic oxidation sites excluding steroid dienone is 5. The highest BCUT2D eigenvalue weighted by Crippen LogP contribution is 2.44. The molecule has 10 rings (SSSR count). The average molecular weight is 677 g/mol. The minimum atomic E-state index is -0.217. The van der Waals surface area contributed by atoms with Crippen LogP contribution in [0.3, 0.4) is 0 Å². The molecule has 2 aromatic heterocycles. The minimum absolute atomic E-state index is 0.217. The van der Waals surface area contributed by atoms with Crippen LogP contribution in [0.5, 0.6) is 0 Å². The molecule has 250 valence electrons. The van der Waals surface area contributed by atoms with Crippen LogP contribution in [0.25, 0.3) is 78.0 Å². The number of hydrogen-bond acceptors (Lipinski definition) is 0. The lowest BCUT2D eigenvalue weighted by Gasteiger charge is -2.23. The lowest BCUT2D eigenvalue weighted by Crippen LogP contribution is -2.08. The maximum absolute atomic E-state index is 3.66. The van der Waals surface area contributed by atoms with Crippen LogP contribution in [-0.2, 0) is 6.42 Å². The van der Waals surface area contributed by atoms with Crippen molar-refractivity contribution in [1.82, 2.24) is 9.13 Å². The Kier molecular flexibility index (Phi) is 7.27. The van der Waals surface area contributed by atoms with Gasteiger partial charge in [-0.3, -0.25) is 0 Å². The van der Waals surface area contributed by atoms with Gasteiger partial charge in [0.05, 0.1) is 22.2 Å². The van der Waals surface area contributed by atoms with Crippen molar-refractivity contribution in [3.05, 3.63) is 181 Å². The molecule has 2 nitrogen and oxygen atoms in total. The van der Waals surface area contributed by atoms with Crippen LogP contribution in [0.4, 0.5) is 0 Å². The van der Waals surface area contributed by atoms with E-state index in [4.69, 9.17) is 0 Å². The third-order valence-electron chi connectivity index (χ3n) is 10.9. The van der Waals surface area contributed by atoms with Gasteiger partial charge in [-0.2, -0.15) is 0 Å². The van der Waals surface area contributed by atoms with E-state index >= 15 is 0 Å². The zero-order chi connectivity index (χ0) is 35.5. The number of fused-ring (bicyclic) bond motifs is 6. The van der Waals surface area contributed by atoms with Crippen LogP contribution in [0, 0.1) is 11.8 Å². The van der Waals surface area contributed by atoms with E-state index in [2.05, 4.69) is 206 Å². The number of benzene rings is 6. The SMILES string of the molecule is BC1(C)C#CC(c2cc(-c3ccccc3)cc(-c3ccccc3)c2-n2c3c(c4cc(-n5c6ccccc6c6ccccc65)ccc42)C=CCC3)=CC=C1. The van der Waals surface area contributed by atoms with Gasteiger partial charge in [-0.05, 0) is 78.1 Å². The van der Waals surface area contributed by atoms with Crippen molar-refractivity contribution in [2.24, 2.45) is 0 Å². The quantitative estimate of drug-likeness (QED) is 0.127. The summed E-state index contributed by atoms with van der Waals surface area (Å²) < 4.78 is 4.99. The van der Waals surface area contributed by atoms with E-state index in [1.54, 1.807) is 0 Å². The second kappa shape index (κ2) is 12.3. The maximum atomic E-state index is 3.66. The molecule has 53 heavy (non-hydrogen) atoms. The molecule has 3 heteroatoms. The van der Waals surface area contributed by atoms with Crippen LogP contribution in [0.1, 0.15) is 30.2 Å². The molecule has 6 aromatic carbocycles. The largest absolute Gasteiger partial charge is 0.312 e. The predicted molar refractivity (Wildman–Crippen MR) is 228 cm³/mol. The molecule has 2 aliphatic carbocycles. The number of nitrogens with zero attached hydrogens (tertiary/aromatic N) is 2. The Bertz CT molecular complexity index is 2850. The van der Waals surface area contributed by atoms with Gasteiger partial charge in [0.25, 0.3) is 0 Å². The molecule has 2 aliphatic rings. The van der Waals surface area contributed by atoms with Gasteiger partial charge in [0, 0.05) is 55.1 Å². The lowest BCUT2D eigenvalue weighted by atomic mass is 9.71. The molecule has 0 saturated carbocycles. The van der Waals surface area contributed by atoms with Crippen molar-refractivity contribution in [3.8, 4) is 45.5 Å². The van der Waals surface area contributed by atoms with Crippen LogP contribution in [0.2, 0.25) is 5.31 Å². The Hall–Kier alpha value is -6.50. The first-order chi connectivity index (χ1) is 26.0. The predicted octanol–water partition coefficient (Wildman–Crippen LogP) is 11.8. The molecule has 8 aromatic rings. The van der Waals surface area contributed by atoms with Crippen LogP contribution in [0.15, 0.2) is 164 Å². The monoisotopic (exact) mass is 676 g/mol. The van der Waals surface area contributed by atoms with Crippen molar-refractivity contribution in [1.29, 1.82) is 0 Å². The highest BCUT2D eigenvalue weighted by molar-refractivity contribution is 6.19. The molecule has 0 spiro atoms. The van der Waals surface area contributed by atoms with E-state index in [0.29, 0.717) is 0 Å². The summed E-state index contributed by atoms with van der Waals surface area (Å²) in [6, 6.07) is 51.0. The third kappa shape index (κ3) is 5.22. The highest BCUT2D eigenvalue weighted by Gasteiger charge is 2.26. The first-order valence-electron chi connectivity index (χ1n) is 18.6. The first kappa shape index (κ1) is 31.3. The Morgan fingerprint density at radius 2 is 1.26 bits per heavy atom. The summed E-state index contributed by atoms with van der Waals surface area (Å²) in [7, 11) is 2.18. The molecule has 0 radical (unpaired) electrons. The Balaban J connectivity index is 1.30. The number of hydrogen-bond donors (Lipinski definition) is 0. The zero-order valence-electron chi connectivity index (χ0n) is 30.0. The van der Waals surface area contributed by atoms with E-state index in [1.807, 2.05) is 0 Å². The molecule has 0 amide bonds. The standard InChI is InChI=1S/C50H37BN2/c1-50(51)29-14-19-36(28-30-50)43-32-37(34-15-4-2-5-16-34)31-42(35-17-6-3-7-18-35)49(43)53-47-25-13-10-22-41(47)44-33-38(26-27-48(44)53)52-45-23-11-8-20-39(45)40-21-9-12-24-46(40)52/h2-12,14-24,26-27,29,31-33H,13,25,51H2,1H3. The molecular weight excluding hydrogens is 639 g/mol. The highest BCUT2D eigenvalue weighted by atomic mass is 15.0. The third-order valence-corrected chi connectivity index (χ3v) is 10.9. The normalized spacial score (nSPS) is 16.4. The summed E-state index contributed by atoms with van der Waals surface area (Å²) in [5, 5.41) is 3.58. The zero-order valence-corrected chi connectivity index (χ0v) is 30.0. The van der Waals surface area contributed by atoms with Crippen molar-refractivity contribution in [2.45, 2.75) is 25.1 Å². The summed E-state index contributed by atoms with van der Waals surface area (Å²) in [4.78, 5) is 0. The smallest absolute Gasteiger partial charge is 0.129 e. The second-order valence-electron chi connectivity index (χ2n) is 14.8. The van der Waals surface area contributed by atoms with E-state index in [-0.39, 0.29) is 5.31 Å². The Labute approximate surface area is 311 Å². The molecular formula is C50H37BN2. The molecule has 0 N–H and O–H groups in total. The van der Waals surface area contributed by atoms with Gasteiger partial charge in [0.2, 0.25) is 0 Å². The van der Waals surface area contributed by atoms with Gasteiger partial charge in [0.15, 0.2) is 0 Å². The molecule has 0 fully saturated rings. The van der Waals surface area contributed by atoms with Gasteiger partial charge in [0.1, 0.15) is 7.85 Å². The molecule has 1 unspecified atom stereocenters. The Morgan fingerprint density at radius 3 is 2.00 bits per heavy atom. The van der Waals surface area contributed by atoms with Gasteiger partial charge >= 0.3 is 0 Å². The number of para-hydroxylation sites is 2. The summed E-state index contributed by atoms with van der Waals surface area (Å²) in [5.41, 5.74) is 15.5. The number of aromatic nitrogens is 2. The van der Waals surface area contributed by atoms with Crippen LogP contribution < -0.4 is 0 Å². The summed E-state index contributed by atoms with van der Waals surface area (Å²) in [6.07, 6.45) is 13.2. The minimum Gasteiger partial charge on any atom is -0.312 e. The van der Waals surface area contributed by atoms with Crippen molar-refractivity contribution >= 4 is 52.2 Å². The van der Waals surface area contributed by atoms with Crippen molar-refractivity contribution in [3.63, 3.8) is 0 Å². The fourth-order valence-corrected chi connectivity index (χ4v) is 8.37. The fraction of sp³-hybridized carbons (Fsp3) is 0.0800. The first-order valence-corrected chi connectivity index (χ1v) is 18.6. The maximum Gasteiger partial charge on any atom is 0.129 e. The van der Waals surface area contributed by atoms with Gasteiger partial charge < -0.3 is 9.13 Å². The second-order valence-corrected chi connectivity index (χ2v) is 14.8. The number of rotatable bonds is 5. The van der Waals surface area contributed by atoms with Gasteiger partial charge in [-0.1, -0.05) is 140 Å². The van der Waals surface area contributed by atoms with Crippen LogP contribution in [-0.4, -0.2) is 17.0 Å².